The Hall–Kier alpha value is -3.07. The Morgan fingerprint density at radius 3 is 2.28 bits per heavy atom. The van der Waals surface area contributed by atoms with Crippen LogP contribution in [0.5, 0.6) is 0 Å². The highest BCUT2D eigenvalue weighted by atomic mass is 16.2. The molecular formula is C22H20N2O. The van der Waals surface area contributed by atoms with E-state index in [-0.39, 0.29) is 12.1 Å². The van der Waals surface area contributed by atoms with Gasteiger partial charge in [0.05, 0.1) is 11.7 Å². The number of amides is 2. The summed E-state index contributed by atoms with van der Waals surface area (Å²) in [6.45, 7) is 2.62. The Labute approximate surface area is 147 Å². The Morgan fingerprint density at radius 2 is 1.56 bits per heavy atom. The maximum Gasteiger partial charge on any atom is 0.322 e. The minimum absolute atomic E-state index is 0.0359. The Bertz CT molecular complexity index is 890. The van der Waals surface area contributed by atoms with Crippen LogP contribution in [-0.2, 0) is 6.54 Å². The van der Waals surface area contributed by atoms with Crippen molar-refractivity contribution in [2.75, 3.05) is 4.90 Å². The summed E-state index contributed by atoms with van der Waals surface area (Å²) in [5.74, 6) is 0. The van der Waals surface area contributed by atoms with Crippen LogP contribution in [0.15, 0.2) is 78.9 Å². The molecule has 0 bridgehead atoms. The summed E-state index contributed by atoms with van der Waals surface area (Å²) in [5.41, 5.74) is 5.61. The van der Waals surface area contributed by atoms with E-state index in [4.69, 9.17) is 0 Å². The SMILES string of the molecule is C[C@@H](c1ccccc1)N1C(=O)NCc2c(-c3ccccc3)cccc21. The molecule has 1 atom stereocenters. The molecule has 1 aliphatic rings. The Kier molecular flexibility index (Phi) is 3.98. The molecule has 0 unspecified atom stereocenters. The first-order valence-electron chi connectivity index (χ1n) is 8.55. The van der Waals surface area contributed by atoms with Gasteiger partial charge in [-0.25, -0.2) is 4.79 Å². The molecule has 0 saturated heterocycles. The zero-order valence-electron chi connectivity index (χ0n) is 14.1. The standard InChI is InChI=1S/C22H20N2O/c1-16(17-9-4-2-5-10-17)24-21-14-8-13-19(18-11-6-3-7-12-18)20(21)15-23-22(24)25/h2-14,16H,15H2,1H3,(H,23,25)/t16-/m0/s1. The van der Waals surface area contributed by atoms with E-state index in [0.717, 1.165) is 16.8 Å². The molecule has 3 nitrogen and oxygen atoms in total. The van der Waals surface area contributed by atoms with Crippen molar-refractivity contribution >= 4 is 11.7 Å². The molecule has 25 heavy (non-hydrogen) atoms. The summed E-state index contributed by atoms with van der Waals surface area (Å²) in [5, 5.41) is 3.04. The van der Waals surface area contributed by atoms with E-state index in [1.807, 2.05) is 53.4 Å². The number of hydrogen-bond donors (Lipinski definition) is 1. The van der Waals surface area contributed by atoms with E-state index in [1.54, 1.807) is 0 Å². The first kappa shape index (κ1) is 15.5. The van der Waals surface area contributed by atoms with Crippen molar-refractivity contribution in [3.8, 4) is 11.1 Å². The number of anilines is 1. The monoisotopic (exact) mass is 328 g/mol. The molecule has 0 aliphatic carbocycles. The lowest BCUT2D eigenvalue weighted by molar-refractivity contribution is 0.242. The predicted molar refractivity (Wildman–Crippen MR) is 101 cm³/mol. The van der Waals surface area contributed by atoms with Gasteiger partial charge in [-0.15, -0.1) is 0 Å². The average molecular weight is 328 g/mol. The second-order valence-corrected chi connectivity index (χ2v) is 6.28. The van der Waals surface area contributed by atoms with E-state index in [9.17, 15) is 4.79 Å². The van der Waals surface area contributed by atoms with Crippen LogP contribution in [-0.4, -0.2) is 6.03 Å². The fraction of sp³-hybridized carbons (Fsp3) is 0.136. The van der Waals surface area contributed by atoms with Gasteiger partial charge >= 0.3 is 6.03 Å². The number of carbonyl (C=O) groups is 1. The molecular weight excluding hydrogens is 308 g/mol. The first-order chi connectivity index (χ1) is 12.3. The third-order valence-corrected chi connectivity index (χ3v) is 4.80. The van der Waals surface area contributed by atoms with Crippen LogP contribution in [0, 0.1) is 0 Å². The van der Waals surface area contributed by atoms with Crippen LogP contribution >= 0.6 is 0 Å². The summed E-state index contributed by atoms with van der Waals surface area (Å²) < 4.78 is 0. The van der Waals surface area contributed by atoms with Crippen molar-refractivity contribution in [2.45, 2.75) is 19.5 Å². The van der Waals surface area contributed by atoms with E-state index >= 15 is 0 Å². The van der Waals surface area contributed by atoms with Crippen molar-refractivity contribution < 1.29 is 4.79 Å². The highest BCUT2D eigenvalue weighted by molar-refractivity contribution is 5.97. The molecule has 0 spiro atoms. The zero-order chi connectivity index (χ0) is 17.2. The number of rotatable bonds is 3. The molecule has 1 heterocycles. The maximum absolute atomic E-state index is 12.6. The van der Waals surface area contributed by atoms with Gasteiger partial charge in [0.25, 0.3) is 0 Å². The van der Waals surface area contributed by atoms with Crippen LogP contribution in [0.1, 0.15) is 24.1 Å². The third-order valence-electron chi connectivity index (χ3n) is 4.80. The number of nitrogens with one attached hydrogen (secondary N) is 1. The number of carbonyl (C=O) groups excluding carboxylic acids is 1. The smallest absolute Gasteiger partial charge is 0.322 e. The topological polar surface area (TPSA) is 32.3 Å². The summed E-state index contributed by atoms with van der Waals surface area (Å²) in [6, 6.07) is 26.6. The molecule has 2 amide bonds. The van der Waals surface area contributed by atoms with Crippen molar-refractivity contribution in [1.29, 1.82) is 0 Å². The van der Waals surface area contributed by atoms with Crippen LogP contribution in [0.3, 0.4) is 0 Å². The Morgan fingerprint density at radius 1 is 0.880 bits per heavy atom. The van der Waals surface area contributed by atoms with Crippen molar-refractivity contribution in [3.05, 3.63) is 90.0 Å². The van der Waals surface area contributed by atoms with Crippen LogP contribution in [0.4, 0.5) is 10.5 Å². The number of benzene rings is 3. The minimum Gasteiger partial charge on any atom is -0.333 e. The van der Waals surface area contributed by atoms with E-state index in [2.05, 4.69) is 42.6 Å². The molecule has 0 aromatic heterocycles. The quantitative estimate of drug-likeness (QED) is 0.709. The first-order valence-corrected chi connectivity index (χ1v) is 8.55. The van der Waals surface area contributed by atoms with E-state index in [1.165, 1.54) is 11.1 Å². The lowest BCUT2D eigenvalue weighted by atomic mass is 9.95. The Balaban J connectivity index is 1.81. The minimum atomic E-state index is -0.0472. The van der Waals surface area contributed by atoms with E-state index in [0.29, 0.717) is 6.54 Å². The van der Waals surface area contributed by atoms with Crippen molar-refractivity contribution in [2.24, 2.45) is 0 Å². The van der Waals surface area contributed by atoms with Gasteiger partial charge < -0.3 is 5.32 Å². The summed E-state index contributed by atoms with van der Waals surface area (Å²) in [4.78, 5) is 14.5. The number of hydrogen-bond acceptors (Lipinski definition) is 1. The summed E-state index contributed by atoms with van der Waals surface area (Å²) in [7, 11) is 0. The molecule has 0 radical (unpaired) electrons. The fourth-order valence-electron chi connectivity index (χ4n) is 3.50. The van der Waals surface area contributed by atoms with Crippen LogP contribution in [0.2, 0.25) is 0 Å². The molecule has 1 N–H and O–H groups in total. The molecule has 0 saturated carbocycles. The fourth-order valence-corrected chi connectivity index (χ4v) is 3.50. The molecule has 3 aromatic carbocycles. The third kappa shape index (κ3) is 2.78. The van der Waals surface area contributed by atoms with Crippen molar-refractivity contribution in [1.82, 2.24) is 5.32 Å². The lowest BCUT2D eigenvalue weighted by Gasteiger charge is -2.36. The molecule has 1 aliphatic heterocycles. The summed E-state index contributed by atoms with van der Waals surface area (Å²) >= 11 is 0. The van der Waals surface area contributed by atoms with Gasteiger partial charge in [-0.2, -0.15) is 0 Å². The zero-order valence-corrected chi connectivity index (χ0v) is 14.1. The van der Waals surface area contributed by atoms with E-state index < -0.39 is 0 Å². The number of fused-ring (bicyclic) bond motifs is 1. The predicted octanol–water partition coefficient (Wildman–Crippen LogP) is 5.14. The van der Waals surface area contributed by atoms with Gasteiger partial charge in [0.2, 0.25) is 0 Å². The molecule has 3 aromatic rings. The second-order valence-electron chi connectivity index (χ2n) is 6.28. The number of urea groups is 1. The van der Waals surface area contributed by atoms with Gasteiger partial charge in [0, 0.05) is 12.1 Å². The summed E-state index contributed by atoms with van der Waals surface area (Å²) in [6.07, 6.45) is 0. The average Bonchev–Trinajstić information content (AvgIpc) is 2.68. The van der Waals surface area contributed by atoms with Crippen LogP contribution in [0.25, 0.3) is 11.1 Å². The second kappa shape index (κ2) is 6.44. The van der Waals surface area contributed by atoms with Gasteiger partial charge in [0.15, 0.2) is 0 Å². The molecule has 0 fully saturated rings. The molecule has 124 valence electrons. The van der Waals surface area contributed by atoms with Crippen molar-refractivity contribution in [3.63, 3.8) is 0 Å². The maximum atomic E-state index is 12.6. The van der Waals surface area contributed by atoms with Gasteiger partial charge in [-0.3, -0.25) is 4.90 Å². The molecule has 3 heteroatoms. The highest BCUT2D eigenvalue weighted by Crippen LogP contribution is 2.37. The number of nitrogens with zero attached hydrogens (tertiary/aromatic N) is 1. The largest absolute Gasteiger partial charge is 0.333 e. The lowest BCUT2D eigenvalue weighted by Crippen LogP contribution is -2.45. The molecule has 4 rings (SSSR count). The van der Waals surface area contributed by atoms with Gasteiger partial charge in [-0.05, 0) is 29.7 Å². The normalized spacial score (nSPS) is 14.6. The highest BCUT2D eigenvalue weighted by Gasteiger charge is 2.30. The van der Waals surface area contributed by atoms with Crippen LogP contribution < -0.4 is 10.2 Å². The van der Waals surface area contributed by atoms with Gasteiger partial charge in [-0.1, -0.05) is 72.8 Å². The van der Waals surface area contributed by atoms with Gasteiger partial charge in [0.1, 0.15) is 0 Å².